The quantitative estimate of drug-likeness (QED) is 0.670. The van der Waals surface area contributed by atoms with Gasteiger partial charge in [-0.15, -0.1) is 0 Å². The van der Waals surface area contributed by atoms with Gasteiger partial charge < -0.3 is 0 Å². The summed E-state index contributed by atoms with van der Waals surface area (Å²) in [5.74, 6) is -0.384. The first-order valence-corrected chi connectivity index (χ1v) is 7.00. The van der Waals surface area contributed by atoms with Gasteiger partial charge in [0.15, 0.2) is 11.6 Å². The van der Waals surface area contributed by atoms with E-state index in [-0.39, 0.29) is 23.4 Å². The smallest absolute Gasteiger partial charge is 0.171 e. The summed E-state index contributed by atoms with van der Waals surface area (Å²) in [7, 11) is 0. The Balaban J connectivity index is 1.89. The minimum absolute atomic E-state index is 0.0857. The molecule has 0 saturated carbocycles. The van der Waals surface area contributed by atoms with Crippen molar-refractivity contribution >= 4 is 11.6 Å². The number of hydrogen-bond donors (Lipinski definition) is 0. The normalized spacial score (nSPS) is 27.2. The molecule has 4 rings (SSSR count). The van der Waals surface area contributed by atoms with Crippen LogP contribution in [0, 0.1) is 11.8 Å². The predicted molar refractivity (Wildman–Crippen MR) is 76.6 cm³/mol. The Morgan fingerprint density at radius 3 is 2.40 bits per heavy atom. The van der Waals surface area contributed by atoms with Crippen molar-refractivity contribution in [3.05, 3.63) is 70.8 Å². The van der Waals surface area contributed by atoms with Crippen LogP contribution in [0.3, 0.4) is 0 Å². The molecule has 0 aliphatic heterocycles. The van der Waals surface area contributed by atoms with Gasteiger partial charge in [-0.25, -0.2) is 0 Å². The summed E-state index contributed by atoms with van der Waals surface area (Å²) in [4.78, 5) is 25.4. The molecule has 20 heavy (non-hydrogen) atoms. The lowest BCUT2D eigenvalue weighted by Gasteiger charge is -2.35. The highest BCUT2D eigenvalue weighted by Crippen LogP contribution is 2.42. The van der Waals surface area contributed by atoms with Gasteiger partial charge in [0.1, 0.15) is 0 Å². The monoisotopic (exact) mass is 262 g/mol. The van der Waals surface area contributed by atoms with Crippen LogP contribution in [0.25, 0.3) is 0 Å². The predicted octanol–water partition coefficient (Wildman–Crippen LogP) is 3.51. The molecule has 98 valence electrons. The topological polar surface area (TPSA) is 34.1 Å². The number of benzene rings is 1. The van der Waals surface area contributed by atoms with Crippen LogP contribution in [-0.2, 0) is 0 Å². The zero-order valence-corrected chi connectivity index (χ0v) is 11.0. The van der Waals surface area contributed by atoms with Gasteiger partial charge in [0.25, 0.3) is 0 Å². The lowest BCUT2D eigenvalue weighted by Crippen LogP contribution is -2.38. The summed E-state index contributed by atoms with van der Waals surface area (Å²) in [5.41, 5.74) is 3.54. The third kappa shape index (κ3) is 1.45. The molecule has 2 nitrogen and oxygen atoms in total. The van der Waals surface area contributed by atoms with Crippen LogP contribution in [-0.4, -0.2) is 11.6 Å². The molecule has 2 atom stereocenters. The molecule has 3 aliphatic carbocycles. The van der Waals surface area contributed by atoms with E-state index >= 15 is 0 Å². The second kappa shape index (κ2) is 4.14. The molecule has 0 spiro atoms. The van der Waals surface area contributed by atoms with Crippen LogP contribution >= 0.6 is 0 Å². The zero-order chi connectivity index (χ0) is 13.7. The van der Waals surface area contributed by atoms with Gasteiger partial charge in [-0.3, -0.25) is 9.59 Å². The fourth-order valence-corrected chi connectivity index (χ4v) is 3.55. The Morgan fingerprint density at radius 1 is 0.900 bits per heavy atom. The van der Waals surface area contributed by atoms with Crippen LogP contribution < -0.4 is 0 Å². The highest BCUT2D eigenvalue weighted by Gasteiger charge is 2.43. The van der Waals surface area contributed by atoms with Crippen LogP contribution in [0.5, 0.6) is 0 Å². The molecule has 0 radical (unpaired) electrons. The Bertz CT molecular complexity index is 719. The number of ketones is 2. The summed E-state index contributed by atoms with van der Waals surface area (Å²) in [6, 6.07) is 7.21. The van der Waals surface area contributed by atoms with Crippen LogP contribution in [0.15, 0.2) is 59.7 Å². The Kier molecular flexibility index (Phi) is 2.40. The number of allylic oxidation sites excluding steroid dienone is 6. The Morgan fingerprint density at radius 2 is 1.60 bits per heavy atom. The van der Waals surface area contributed by atoms with E-state index in [4.69, 9.17) is 0 Å². The van der Waals surface area contributed by atoms with Gasteiger partial charge in [-0.05, 0) is 18.4 Å². The molecule has 0 bridgehead atoms. The first-order chi connectivity index (χ1) is 9.77. The van der Waals surface area contributed by atoms with Crippen LogP contribution in [0.2, 0.25) is 0 Å². The number of carbonyl (C=O) groups excluding carboxylic acids is 2. The molecule has 2 heteroatoms. The largest absolute Gasteiger partial charge is 0.293 e. The highest BCUT2D eigenvalue weighted by atomic mass is 16.1. The summed E-state index contributed by atoms with van der Waals surface area (Å²) >= 11 is 0. The van der Waals surface area contributed by atoms with Gasteiger partial charge in [0.05, 0.1) is 11.8 Å². The number of hydrogen-bond acceptors (Lipinski definition) is 2. The van der Waals surface area contributed by atoms with E-state index < -0.39 is 0 Å². The minimum atomic E-state index is -0.303. The zero-order valence-electron chi connectivity index (χ0n) is 11.0. The highest BCUT2D eigenvalue weighted by molar-refractivity contribution is 6.17. The molecule has 0 amide bonds. The summed E-state index contributed by atoms with van der Waals surface area (Å²) in [5, 5.41) is 0. The maximum Gasteiger partial charge on any atom is 0.171 e. The first-order valence-electron chi connectivity index (χ1n) is 7.00. The SMILES string of the molecule is O=C1c2ccccc2C(=O)[C@H]2C=CC3=C(CC=CC3)[C@H]12. The second-order valence-electron chi connectivity index (χ2n) is 5.57. The molecule has 1 aromatic carbocycles. The van der Waals surface area contributed by atoms with Gasteiger partial charge >= 0.3 is 0 Å². The van der Waals surface area contributed by atoms with Crippen molar-refractivity contribution in [1.82, 2.24) is 0 Å². The third-order valence-electron chi connectivity index (χ3n) is 4.54. The lowest BCUT2D eigenvalue weighted by molar-refractivity contribution is 0.0791. The second-order valence-corrected chi connectivity index (χ2v) is 5.57. The Hall–Kier alpha value is -2.22. The molecule has 0 heterocycles. The third-order valence-corrected chi connectivity index (χ3v) is 4.54. The molecule has 0 aromatic heterocycles. The van der Waals surface area contributed by atoms with Crippen molar-refractivity contribution in [3.63, 3.8) is 0 Å². The van der Waals surface area contributed by atoms with Gasteiger partial charge in [0, 0.05) is 11.1 Å². The van der Waals surface area contributed by atoms with Crippen molar-refractivity contribution in [1.29, 1.82) is 0 Å². The van der Waals surface area contributed by atoms with Crippen molar-refractivity contribution in [3.8, 4) is 0 Å². The van der Waals surface area contributed by atoms with Crippen molar-refractivity contribution in [2.75, 3.05) is 0 Å². The molecular weight excluding hydrogens is 248 g/mol. The number of fused-ring (bicyclic) bond motifs is 3. The van der Waals surface area contributed by atoms with Crippen molar-refractivity contribution < 1.29 is 9.59 Å². The van der Waals surface area contributed by atoms with E-state index in [1.807, 2.05) is 24.3 Å². The number of carbonyl (C=O) groups is 2. The molecule has 0 N–H and O–H groups in total. The molecule has 3 aliphatic rings. The maximum atomic E-state index is 12.8. The van der Waals surface area contributed by atoms with Crippen LogP contribution in [0.1, 0.15) is 33.6 Å². The molecular formula is C18H14O2. The van der Waals surface area contributed by atoms with Crippen LogP contribution in [0.4, 0.5) is 0 Å². The van der Waals surface area contributed by atoms with E-state index in [0.29, 0.717) is 11.1 Å². The maximum absolute atomic E-state index is 12.8. The van der Waals surface area contributed by atoms with Gasteiger partial charge in [-0.1, -0.05) is 54.1 Å². The number of Topliss-reactive ketones (excluding diaryl/α,β-unsaturated/α-hetero) is 2. The fraction of sp³-hybridized carbons (Fsp3) is 0.222. The summed E-state index contributed by atoms with van der Waals surface area (Å²) in [6.07, 6.45) is 9.87. The van der Waals surface area contributed by atoms with Gasteiger partial charge in [0.2, 0.25) is 0 Å². The van der Waals surface area contributed by atoms with Crippen molar-refractivity contribution in [2.24, 2.45) is 11.8 Å². The molecule has 0 saturated heterocycles. The van der Waals surface area contributed by atoms with E-state index in [9.17, 15) is 9.59 Å². The molecule has 1 aromatic rings. The van der Waals surface area contributed by atoms with Crippen molar-refractivity contribution in [2.45, 2.75) is 12.8 Å². The average molecular weight is 262 g/mol. The molecule has 0 fully saturated rings. The summed E-state index contributed by atoms with van der Waals surface area (Å²) in [6.45, 7) is 0. The van der Waals surface area contributed by atoms with E-state index in [2.05, 4.69) is 12.2 Å². The van der Waals surface area contributed by atoms with E-state index in [1.54, 1.807) is 12.1 Å². The minimum Gasteiger partial charge on any atom is -0.293 e. The Labute approximate surface area is 117 Å². The summed E-state index contributed by atoms with van der Waals surface area (Å²) < 4.78 is 0. The standard InChI is InChI=1S/C18H14O2/c19-17-13-7-3-4-8-14(13)18(20)16-12-6-2-1-5-11(12)9-10-15(16)17/h1-4,7-10,15-16H,5-6H2/t15-,16-/m0/s1. The molecule has 0 unspecified atom stereocenters. The lowest BCUT2D eigenvalue weighted by atomic mass is 9.66. The van der Waals surface area contributed by atoms with Gasteiger partial charge in [-0.2, -0.15) is 0 Å². The van der Waals surface area contributed by atoms with E-state index in [1.165, 1.54) is 5.57 Å². The fourth-order valence-electron chi connectivity index (χ4n) is 3.55. The average Bonchev–Trinajstić information content (AvgIpc) is 2.51. The first kappa shape index (κ1) is 11.6. The number of rotatable bonds is 0. The van der Waals surface area contributed by atoms with E-state index in [0.717, 1.165) is 18.4 Å².